The van der Waals surface area contributed by atoms with E-state index in [9.17, 15) is 0 Å². The zero-order valence-corrected chi connectivity index (χ0v) is 14.3. The molecule has 0 amide bonds. The van der Waals surface area contributed by atoms with Crippen LogP contribution in [0.3, 0.4) is 0 Å². The van der Waals surface area contributed by atoms with E-state index in [2.05, 4.69) is 45.4 Å². The molecule has 0 saturated carbocycles. The smallest absolute Gasteiger partial charge is 0.0624 e. The van der Waals surface area contributed by atoms with Crippen LogP contribution in [0.5, 0.6) is 0 Å². The molecule has 1 atom stereocenters. The summed E-state index contributed by atoms with van der Waals surface area (Å²) in [6.07, 6.45) is 1.82. The van der Waals surface area contributed by atoms with E-state index in [4.69, 9.17) is 11.6 Å². The molecule has 2 rings (SSSR count). The minimum Gasteiger partial charge on any atom is -0.313 e. The summed E-state index contributed by atoms with van der Waals surface area (Å²) in [6.45, 7) is 2.12. The number of halogens is 2. The van der Waals surface area contributed by atoms with Crippen molar-refractivity contribution in [1.82, 2.24) is 15.1 Å². The van der Waals surface area contributed by atoms with Crippen molar-refractivity contribution >= 4 is 27.5 Å². The first-order valence-electron chi connectivity index (χ1n) is 6.69. The molecule has 2 aromatic rings. The zero-order valence-electron chi connectivity index (χ0n) is 12.0. The Morgan fingerprint density at radius 2 is 2.15 bits per heavy atom. The molecule has 20 heavy (non-hydrogen) atoms. The molecule has 1 heterocycles. The van der Waals surface area contributed by atoms with Gasteiger partial charge in [0.15, 0.2) is 0 Å². The van der Waals surface area contributed by atoms with Gasteiger partial charge in [0.2, 0.25) is 0 Å². The average Bonchev–Trinajstić information content (AvgIpc) is 2.77. The Morgan fingerprint density at radius 3 is 2.70 bits per heavy atom. The Kier molecular flexibility index (Phi) is 5.24. The number of benzene rings is 1. The van der Waals surface area contributed by atoms with Gasteiger partial charge < -0.3 is 5.32 Å². The maximum Gasteiger partial charge on any atom is 0.0624 e. The van der Waals surface area contributed by atoms with Crippen LogP contribution in [-0.4, -0.2) is 16.8 Å². The van der Waals surface area contributed by atoms with Crippen LogP contribution in [0.15, 0.2) is 28.7 Å². The van der Waals surface area contributed by atoms with Gasteiger partial charge in [0, 0.05) is 34.7 Å². The predicted octanol–water partition coefficient (Wildman–Crippen LogP) is 3.90. The molecule has 0 fully saturated rings. The fourth-order valence-corrected chi connectivity index (χ4v) is 3.10. The summed E-state index contributed by atoms with van der Waals surface area (Å²) in [5, 5.41) is 8.61. The standard InChI is InChI=1S/C15H19BrClN3/c1-4-11-8-12(20(3)19-11)9-15(18-2)13-6-5-10(16)7-14(13)17/h5-8,15,18H,4,9H2,1-3H3. The topological polar surface area (TPSA) is 29.9 Å². The summed E-state index contributed by atoms with van der Waals surface area (Å²) in [5.41, 5.74) is 3.44. The van der Waals surface area contributed by atoms with Crippen molar-refractivity contribution in [3.05, 3.63) is 50.7 Å². The summed E-state index contributed by atoms with van der Waals surface area (Å²) in [5.74, 6) is 0. The van der Waals surface area contributed by atoms with Gasteiger partial charge in [-0.15, -0.1) is 0 Å². The van der Waals surface area contributed by atoms with E-state index in [1.54, 1.807) is 0 Å². The third-order valence-corrected chi connectivity index (χ3v) is 4.31. The van der Waals surface area contributed by atoms with Gasteiger partial charge in [-0.05, 0) is 37.2 Å². The highest BCUT2D eigenvalue weighted by Gasteiger charge is 2.16. The second-order valence-corrected chi connectivity index (χ2v) is 6.14. The van der Waals surface area contributed by atoms with E-state index in [0.29, 0.717) is 0 Å². The van der Waals surface area contributed by atoms with Crippen LogP contribution in [0.4, 0.5) is 0 Å². The number of rotatable bonds is 5. The molecule has 0 spiro atoms. The number of aryl methyl sites for hydroxylation is 2. The van der Waals surface area contributed by atoms with Crippen LogP contribution in [0, 0.1) is 0 Å². The number of aromatic nitrogens is 2. The fraction of sp³-hybridized carbons (Fsp3) is 0.400. The fourth-order valence-electron chi connectivity index (χ4n) is 2.30. The number of nitrogens with one attached hydrogen (secondary N) is 1. The summed E-state index contributed by atoms with van der Waals surface area (Å²) in [7, 11) is 3.95. The molecule has 1 unspecified atom stereocenters. The third-order valence-electron chi connectivity index (χ3n) is 3.49. The summed E-state index contributed by atoms with van der Waals surface area (Å²) in [4.78, 5) is 0. The molecule has 0 aliphatic carbocycles. The van der Waals surface area contributed by atoms with Crippen molar-refractivity contribution in [2.24, 2.45) is 7.05 Å². The van der Waals surface area contributed by atoms with Crippen molar-refractivity contribution < 1.29 is 0 Å². The first-order valence-corrected chi connectivity index (χ1v) is 7.86. The van der Waals surface area contributed by atoms with Crippen molar-refractivity contribution in [3.8, 4) is 0 Å². The molecule has 3 nitrogen and oxygen atoms in total. The normalized spacial score (nSPS) is 12.7. The number of hydrogen-bond donors (Lipinski definition) is 1. The van der Waals surface area contributed by atoms with E-state index in [0.717, 1.165) is 33.6 Å². The van der Waals surface area contributed by atoms with Gasteiger partial charge in [0.25, 0.3) is 0 Å². The Balaban J connectivity index is 2.26. The van der Waals surface area contributed by atoms with Gasteiger partial charge in [0.05, 0.1) is 5.69 Å². The first-order chi connectivity index (χ1) is 9.55. The van der Waals surface area contributed by atoms with Crippen molar-refractivity contribution in [2.75, 3.05) is 7.05 Å². The Morgan fingerprint density at radius 1 is 1.40 bits per heavy atom. The SMILES string of the molecule is CCc1cc(CC(NC)c2ccc(Br)cc2Cl)n(C)n1. The van der Waals surface area contributed by atoms with Crippen molar-refractivity contribution in [1.29, 1.82) is 0 Å². The maximum atomic E-state index is 6.35. The van der Waals surface area contributed by atoms with Gasteiger partial charge in [-0.25, -0.2) is 0 Å². The van der Waals surface area contributed by atoms with Crippen molar-refractivity contribution in [3.63, 3.8) is 0 Å². The predicted molar refractivity (Wildman–Crippen MR) is 87.2 cm³/mol. The highest BCUT2D eigenvalue weighted by molar-refractivity contribution is 9.10. The van der Waals surface area contributed by atoms with E-state index in [1.165, 1.54) is 5.69 Å². The minimum atomic E-state index is 0.177. The highest BCUT2D eigenvalue weighted by Crippen LogP contribution is 2.28. The van der Waals surface area contributed by atoms with E-state index < -0.39 is 0 Å². The molecular formula is C15H19BrClN3. The Bertz CT molecular complexity index is 595. The number of nitrogens with zero attached hydrogens (tertiary/aromatic N) is 2. The van der Waals surface area contributed by atoms with Gasteiger partial charge in [-0.3, -0.25) is 4.68 Å². The number of likely N-dealkylation sites (N-methyl/N-ethyl adjacent to an activating group) is 1. The highest BCUT2D eigenvalue weighted by atomic mass is 79.9. The molecule has 0 bridgehead atoms. The first kappa shape index (κ1) is 15.5. The quantitative estimate of drug-likeness (QED) is 0.880. The van der Waals surface area contributed by atoms with E-state index >= 15 is 0 Å². The summed E-state index contributed by atoms with van der Waals surface area (Å²) >= 11 is 9.79. The van der Waals surface area contributed by atoms with E-state index in [1.807, 2.05) is 30.9 Å². The van der Waals surface area contributed by atoms with Crippen LogP contribution in [0.25, 0.3) is 0 Å². The molecule has 5 heteroatoms. The van der Waals surface area contributed by atoms with Crippen LogP contribution in [0.2, 0.25) is 5.02 Å². The average molecular weight is 357 g/mol. The lowest BCUT2D eigenvalue weighted by Gasteiger charge is -2.18. The van der Waals surface area contributed by atoms with Gasteiger partial charge in [-0.1, -0.05) is 40.5 Å². The van der Waals surface area contributed by atoms with Crippen LogP contribution in [-0.2, 0) is 19.9 Å². The lowest BCUT2D eigenvalue weighted by molar-refractivity contribution is 0.561. The van der Waals surface area contributed by atoms with Gasteiger partial charge in [0.1, 0.15) is 0 Å². The molecule has 0 radical (unpaired) electrons. The number of hydrogen-bond acceptors (Lipinski definition) is 2. The Hall–Kier alpha value is -0.840. The van der Waals surface area contributed by atoms with Gasteiger partial charge in [-0.2, -0.15) is 5.10 Å². The Labute approximate surface area is 133 Å². The molecule has 1 aromatic heterocycles. The van der Waals surface area contributed by atoms with Crippen LogP contribution >= 0.6 is 27.5 Å². The lowest BCUT2D eigenvalue weighted by atomic mass is 10.0. The minimum absolute atomic E-state index is 0.177. The van der Waals surface area contributed by atoms with Gasteiger partial charge >= 0.3 is 0 Å². The molecule has 1 aromatic carbocycles. The van der Waals surface area contributed by atoms with Crippen LogP contribution in [0.1, 0.15) is 29.9 Å². The molecule has 1 N–H and O–H groups in total. The molecule has 108 valence electrons. The van der Waals surface area contributed by atoms with Crippen LogP contribution < -0.4 is 5.32 Å². The largest absolute Gasteiger partial charge is 0.313 e. The van der Waals surface area contributed by atoms with Crippen molar-refractivity contribution in [2.45, 2.75) is 25.8 Å². The summed E-state index contributed by atoms with van der Waals surface area (Å²) < 4.78 is 2.95. The van der Waals surface area contributed by atoms with E-state index in [-0.39, 0.29) is 6.04 Å². The third kappa shape index (κ3) is 3.43. The second-order valence-electron chi connectivity index (χ2n) is 4.82. The zero-order chi connectivity index (χ0) is 14.7. The maximum absolute atomic E-state index is 6.35. The second kappa shape index (κ2) is 6.74. The lowest BCUT2D eigenvalue weighted by Crippen LogP contribution is -2.20. The monoisotopic (exact) mass is 355 g/mol. The molecular weight excluding hydrogens is 338 g/mol. The summed E-state index contributed by atoms with van der Waals surface area (Å²) in [6, 6.07) is 8.35. The molecule has 0 saturated heterocycles. The molecule has 0 aliphatic heterocycles. The molecule has 0 aliphatic rings.